The molecule has 2 aromatic rings. The van der Waals surface area contributed by atoms with Gasteiger partial charge < -0.3 is 24.3 Å². The molecule has 0 aliphatic carbocycles. The highest BCUT2D eigenvalue weighted by molar-refractivity contribution is 5.97. The van der Waals surface area contributed by atoms with Gasteiger partial charge in [0.1, 0.15) is 0 Å². The highest BCUT2D eigenvalue weighted by atomic mass is 16.6. The highest BCUT2D eigenvalue weighted by Gasteiger charge is 2.26. The molecular weight excluding hydrogens is 404 g/mol. The van der Waals surface area contributed by atoms with E-state index in [2.05, 4.69) is 4.98 Å². The number of aromatic nitrogens is 2. The maximum Gasteiger partial charge on any atom is 0.409 e. The second-order valence-electron chi connectivity index (χ2n) is 7.72. The van der Waals surface area contributed by atoms with Gasteiger partial charge >= 0.3 is 11.8 Å². The quantitative estimate of drug-likeness (QED) is 0.767. The molecule has 166 valence electrons. The molecule has 0 saturated carbocycles. The lowest BCUT2D eigenvalue weighted by Crippen LogP contribution is -2.50. The predicted octanol–water partition coefficient (Wildman–Crippen LogP) is 0.783. The fourth-order valence-corrected chi connectivity index (χ4v) is 4.03. The molecule has 0 bridgehead atoms. The minimum Gasteiger partial charge on any atom is -0.450 e. The minimum atomic E-state index is -0.513. The Balaban J connectivity index is 1.51. The molecule has 4 rings (SSSR count). The molecule has 31 heavy (non-hydrogen) atoms. The number of hydrogen-bond acceptors (Lipinski definition) is 6. The zero-order valence-electron chi connectivity index (χ0n) is 17.5. The number of H-pyrrole nitrogens is 1. The van der Waals surface area contributed by atoms with E-state index in [9.17, 15) is 19.2 Å². The molecule has 1 unspecified atom stereocenters. The molecule has 2 fully saturated rings. The number of benzene rings is 1. The monoisotopic (exact) mass is 430 g/mol. The van der Waals surface area contributed by atoms with E-state index >= 15 is 0 Å². The Kier molecular flexibility index (Phi) is 6.08. The van der Waals surface area contributed by atoms with Crippen molar-refractivity contribution in [2.45, 2.75) is 32.4 Å². The molecule has 10 heteroatoms. The highest BCUT2D eigenvalue weighted by Crippen LogP contribution is 2.15. The summed E-state index contributed by atoms with van der Waals surface area (Å²) in [4.78, 5) is 56.0. The van der Waals surface area contributed by atoms with Crippen molar-refractivity contribution in [3.8, 4) is 0 Å². The lowest BCUT2D eigenvalue weighted by Gasteiger charge is -2.34. The Labute approximate surface area is 178 Å². The Morgan fingerprint density at radius 1 is 1.16 bits per heavy atom. The summed E-state index contributed by atoms with van der Waals surface area (Å²) in [6.07, 6.45) is 1.23. The van der Waals surface area contributed by atoms with E-state index in [-0.39, 0.29) is 24.6 Å². The Bertz CT molecular complexity index is 1090. The smallest absolute Gasteiger partial charge is 0.409 e. The van der Waals surface area contributed by atoms with E-state index in [0.29, 0.717) is 55.9 Å². The van der Waals surface area contributed by atoms with E-state index in [1.807, 2.05) is 0 Å². The van der Waals surface area contributed by atoms with E-state index in [1.54, 1.807) is 28.9 Å². The fraction of sp³-hybridized carbons (Fsp3) is 0.524. The number of rotatable bonds is 4. The number of aromatic amines is 1. The summed E-state index contributed by atoms with van der Waals surface area (Å²) in [6.45, 7) is 4.47. The summed E-state index contributed by atoms with van der Waals surface area (Å²) in [5.74, 6) is -0.213. The maximum absolute atomic E-state index is 12.9. The largest absolute Gasteiger partial charge is 0.450 e. The van der Waals surface area contributed by atoms with Crippen molar-refractivity contribution in [2.75, 3.05) is 39.4 Å². The Morgan fingerprint density at radius 2 is 1.90 bits per heavy atom. The average molecular weight is 430 g/mol. The number of hydrogen-bond donors (Lipinski definition) is 1. The van der Waals surface area contributed by atoms with Crippen LogP contribution in [0, 0.1) is 0 Å². The summed E-state index contributed by atoms with van der Waals surface area (Å²) in [5, 5.41) is 0.348. The first-order valence-electron chi connectivity index (χ1n) is 10.6. The van der Waals surface area contributed by atoms with Gasteiger partial charge in [-0.1, -0.05) is 0 Å². The molecule has 2 aliphatic heterocycles. The summed E-state index contributed by atoms with van der Waals surface area (Å²) >= 11 is 0. The van der Waals surface area contributed by atoms with Crippen LogP contribution in [0.3, 0.4) is 0 Å². The van der Waals surface area contributed by atoms with Crippen molar-refractivity contribution in [1.29, 1.82) is 0 Å². The van der Waals surface area contributed by atoms with Gasteiger partial charge in [0.15, 0.2) is 0 Å². The normalized spacial score (nSPS) is 19.1. The standard InChI is InChI=1S/C21H26N4O6/c1-2-30-21(29)24-9-7-23(8-10-24)18(26)14-5-6-16-17(12-14)22-20(28)25(19(16)27)13-15-4-3-11-31-15/h5-6,12,15H,2-4,7-11,13H2,1H3,(H,22,28). The van der Waals surface area contributed by atoms with Crippen LogP contribution in [0.2, 0.25) is 0 Å². The van der Waals surface area contributed by atoms with Crippen molar-refractivity contribution in [3.63, 3.8) is 0 Å². The summed E-state index contributed by atoms with van der Waals surface area (Å²) in [5.41, 5.74) is -0.199. The zero-order valence-corrected chi connectivity index (χ0v) is 17.5. The summed E-state index contributed by atoms with van der Waals surface area (Å²) < 4.78 is 11.7. The fourth-order valence-electron chi connectivity index (χ4n) is 4.03. The van der Waals surface area contributed by atoms with Gasteiger partial charge in [-0.15, -0.1) is 0 Å². The lowest BCUT2D eigenvalue weighted by atomic mass is 10.1. The average Bonchev–Trinajstić information content (AvgIpc) is 3.29. The van der Waals surface area contributed by atoms with Crippen molar-refractivity contribution in [1.82, 2.24) is 19.4 Å². The van der Waals surface area contributed by atoms with Gasteiger partial charge in [-0.25, -0.2) is 9.59 Å². The molecule has 1 atom stereocenters. The van der Waals surface area contributed by atoms with E-state index in [4.69, 9.17) is 9.47 Å². The first-order chi connectivity index (χ1) is 15.0. The third-order valence-corrected chi connectivity index (χ3v) is 5.73. The number of amides is 2. The van der Waals surface area contributed by atoms with Crippen LogP contribution in [0.4, 0.5) is 4.79 Å². The predicted molar refractivity (Wildman–Crippen MR) is 112 cm³/mol. The number of nitrogens with zero attached hydrogens (tertiary/aromatic N) is 3. The van der Waals surface area contributed by atoms with Gasteiger partial charge in [-0.3, -0.25) is 14.2 Å². The summed E-state index contributed by atoms with van der Waals surface area (Å²) in [7, 11) is 0. The van der Waals surface area contributed by atoms with Crippen LogP contribution in [0.1, 0.15) is 30.1 Å². The number of carbonyl (C=O) groups excluding carboxylic acids is 2. The van der Waals surface area contributed by atoms with E-state index < -0.39 is 11.2 Å². The third-order valence-electron chi connectivity index (χ3n) is 5.73. The summed E-state index contributed by atoms with van der Waals surface area (Å²) in [6, 6.07) is 4.70. The number of piperazine rings is 1. The number of carbonyl (C=O) groups is 2. The van der Waals surface area contributed by atoms with Gasteiger partial charge in [0.05, 0.1) is 30.2 Å². The molecule has 0 spiro atoms. The minimum absolute atomic E-state index is 0.134. The third kappa shape index (κ3) is 4.34. The second kappa shape index (κ2) is 8.93. The first-order valence-corrected chi connectivity index (χ1v) is 10.6. The number of nitrogens with one attached hydrogen (secondary N) is 1. The molecule has 2 aliphatic rings. The van der Waals surface area contributed by atoms with Crippen LogP contribution in [0.25, 0.3) is 10.9 Å². The van der Waals surface area contributed by atoms with E-state index in [0.717, 1.165) is 17.4 Å². The molecule has 10 nitrogen and oxygen atoms in total. The van der Waals surface area contributed by atoms with Crippen LogP contribution in [0.15, 0.2) is 27.8 Å². The second-order valence-corrected chi connectivity index (χ2v) is 7.72. The molecular formula is C21H26N4O6. The Morgan fingerprint density at radius 3 is 2.58 bits per heavy atom. The van der Waals surface area contributed by atoms with Crippen molar-refractivity contribution in [2.24, 2.45) is 0 Å². The molecule has 0 radical (unpaired) electrons. The molecule has 2 amide bonds. The van der Waals surface area contributed by atoms with Crippen LogP contribution >= 0.6 is 0 Å². The topological polar surface area (TPSA) is 114 Å². The molecule has 1 aromatic heterocycles. The lowest BCUT2D eigenvalue weighted by molar-refractivity contribution is 0.0570. The molecule has 1 N–H and O–H groups in total. The van der Waals surface area contributed by atoms with Gasteiger partial charge in [-0.2, -0.15) is 0 Å². The van der Waals surface area contributed by atoms with Crippen molar-refractivity contribution >= 4 is 22.9 Å². The van der Waals surface area contributed by atoms with Gasteiger partial charge in [-0.05, 0) is 38.0 Å². The number of ether oxygens (including phenoxy) is 2. The molecule has 2 saturated heterocycles. The van der Waals surface area contributed by atoms with Crippen LogP contribution in [0.5, 0.6) is 0 Å². The van der Waals surface area contributed by atoms with Gasteiger partial charge in [0, 0.05) is 38.3 Å². The maximum atomic E-state index is 12.9. The van der Waals surface area contributed by atoms with Crippen molar-refractivity contribution < 1.29 is 19.1 Å². The van der Waals surface area contributed by atoms with Gasteiger partial charge in [0.25, 0.3) is 11.5 Å². The van der Waals surface area contributed by atoms with Crippen LogP contribution in [-0.4, -0.2) is 76.8 Å². The molecule has 3 heterocycles. The van der Waals surface area contributed by atoms with Crippen molar-refractivity contribution in [3.05, 3.63) is 44.6 Å². The van der Waals surface area contributed by atoms with Gasteiger partial charge in [0.2, 0.25) is 0 Å². The van der Waals surface area contributed by atoms with E-state index in [1.165, 1.54) is 6.07 Å². The number of fused-ring (bicyclic) bond motifs is 1. The Hall–Kier alpha value is -3.14. The SMILES string of the molecule is CCOC(=O)N1CCN(C(=O)c2ccc3c(=O)n(CC4CCCO4)c(=O)[nH]c3c2)CC1. The van der Waals surface area contributed by atoms with Crippen LogP contribution < -0.4 is 11.2 Å². The first kappa shape index (κ1) is 21.1. The zero-order chi connectivity index (χ0) is 22.0. The molecule has 1 aromatic carbocycles. The van der Waals surface area contributed by atoms with Crippen LogP contribution in [-0.2, 0) is 16.0 Å².